The molecular weight excluding hydrogens is 266 g/mol. The fourth-order valence-electron chi connectivity index (χ4n) is 2.70. The molecule has 0 radical (unpaired) electrons. The van der Waals surface area contributed by atoms with Crippen molar-refractivity contribution in [1.29, 1.82) is 0 Å². The molecule has 6 heteroatoms. The molecule has 0 saturated heterocycles. The monoisotopic (exact) mass is 292 g/mol. The zero-order valence-electron chi connectivity index (χ0n) is 12.8. The molecule has 1 saturated carbocycles. The Balaban J connectivity index is 2.39. The molecule has 0 spiro atoms. The fourth-order valence-corrected chi connectivity index (χ4v) is 2.70. The molecule has 1 rings (SSSR count). The maximum atomic E-state index is 13.8. The summed E-state index contributed by atoms with van der Waals surface area (Å²) in [5.74, 6) is -2.79. The molecule has 2 unspecified atom stereocenters. The standard InChI is InChI=1S/C14H26F2N2O2/c1-13(2,3)20-12(19)18-9-7-10-6-5-8-14(15,16)11(10)17-4/h10-11,17H,5-9H2,1-4H3,(H,18,19). The van der Waals surface area contributed by atoms with Crippen molar-refractivity contribution in [2.75, 3.05) is 13.6 Å². The summed E-state index contributed by atoms with van der Waals surface area (Å²) < 4.78 is 32.6. The van der Waals surface area contributed by atoms with Gasteiger partial charge in [-0.15, -0.1) is 0 Å². The van der Waals surface area contributed by atoms with Gasteiger partial charge in [0, 0.05) is 13.0 Å². The third kappa shape index (κ3) is 5.23. The molecule has 0 aliphatic heterocycles. The van der Waals surface area contributed by atoms with Crippen molar-refractivity contribution < 1.29 is 18.3 Å². The van der Waals surface area contributed by atoms with E-state index in [1.54, 1.807) is 27.8 Å². The van der Waals surface area contributed by atoms with E-state index < -0.39 is 23.7 Å². The normalized spacial score (nSPS) is 26.1. The molecule has 0 aromatic rings. The van der Waals surface area contributed by atoms with E-state index in [4.69, 9.17) is 4.74 Å². The number of amides is 1. The van der Waals surface area contributed by atoms with Crippen molar-refractivity contribution >= 4 is 6.09 Å². The van der Waals surface area contributed by atoms with Gasteiger partial charge < -0.3 is 15.4 Å². The summed E-state index contributed by atoms with van der Waals surface area (Å²) in [6.07, 6.45) is 1.26. The highest BCUT2D eigenvalue weighted by Gasteiger charge is 2.45. The van der Waals surface area contributed by atoms with E-state index in [1.807, 2.05) is 0 Å². The molecular formula is C14H26F2N2O2. The third-order valence-electron chi connectivity index (χ3n) is 3.51. The quantitative estimate of drug-likeness (QED) is 0.837. The van der Waals surface area contributed by atoms with Crippen LogP contribution in [0.1, 0.15) is 46.5 Å². The van der Waals surface area contributed by atoms with Gasteiger partial charge in [-0.05, 0) is 53.0 Å². The molecule has 0 aromatic heterocycles. The molecule has 0 heterocycles. The second-order valence-corrected chi connectivity index (χ2v) is 6.40. The number of rotatable bonds is 4. The topological polar surface area (TPSA) is 50.4 Å². The summed E-state index contributed by atoms with van der Waals surface area (Å²) in [6.45, 7) is 5.70. The van der Waals surface area contributed by atoms with Crippen LogP contribution in [0.25, 0.3) is 0 Å². The fraction of sp³-hybridized carbons (Fsp3) is 0.929. The first-order valence-electron chi connectivity index (χ1n) is 7.17. The first-order chi connectivity index (χ1) is 9.15. The molecule has 0 aromatic carbocycles. The van der Waals surface area contributed by atoms with Crippen LogP contribution in [-0.4, -0.2) is 37.3 Å². The number of alkyl carbamates (subject to hydrolysis) is 1. The summed E-state index contributed by atoms with van der Waals surface area (Å²) in [7, 11) is 1.57. The lowest BCUT2D eigenvalue weighted by Crippen LogP contribution is -2.51. The Kier molecular flexibility index (Phi) is 5.74. The zero-order valence-corrected chi connectivity index (χ0v) is 12.8. The lowest BCUT2D eigenvalue weighted by molar-refractivity contribution is -0.0834. The predicted molar refractivity (Wildman–Crippen MR) is 74.0 cm³/mol. The number of alkyl halides is 2. The van der Waals surface area contributed by atoms with Gasteiger partial charge in [-0.1, -0.05) is 0 Å². The summed E-state index contributed by atoms with van der Waals surface area (Å²) in [5, 5.41) is 5.35. The van der Waals surface area contributed by atoms with Crippen LogP contribution < -0.4 is 10.6 Å². The van der Waals surface area contributed by atoms with Crippen LogP contribution in [0.15, 0.2) is 0 Å². The Morgan fingerprint density at radius 3 is 2.60 bits per heavy atom. The molecule has 118 valence electrons. The van der Waals surface area contributed by atoms with Crippen LogP contribution in [-0.2, 0) is 4.74 Å². The molecule has 2 N–H and O–H groups in total. The van der Waals surface area contributed by atoms with E-state index >= 15 is 0 Å². The summed E-state index contributed by atoms with van der Waals surface area (Å²) in [4.78, 5) is 11.5. The molecule has 4 nitrogen and oxygen atoms in total. The number of hydrogen-bond acceptors (Lipinski definition) is 3. The van der Waals surface area contributed by atoms with Gasteiger partial charge in [0.1, 0.15) is 5.60 Å². The van der Waals surface area contributed by atoms with Gasteiger partial charge in [-0.3, -0.25) is 0 Å². The number of ether oxygens (including phenoxy) is 1. The number of carbonyl (C=O) groups is 1. The van der Waals surface area contributed by atoms with Crippen molar-refractivity contribution in [3.05, 3.63) is 0 Å². The first-order valence-corrected chi connectivity index (χ1v) is 7.17. The van der Waals surface area contributed by atoms with Crippen molar-refractivity contribution in [2.45, 2.75) is 64.0 Å². The van der Waals surface area contributed by atoms with Crippen LogP contribution in [0, 0.1) is 5.92 Å². The number of halogens is 2. The van der Waals surface area contributed by atoms with E-state index in [9.17, 15) is 13.6 Å². The van der Waals surface area contributed by atoms with Gasteiger partial charge in [-0.2, -0.15) is 0 Å². The minimum absolute atomic E-state index is 0.0610. The Labute approximate surface area is 119 Å². The lowest BCUT2D eigenvalue weighted by atomic mass is 9.80. The largest absolute Gasteiger partial charge is 0.444 e. The highest BCUT2D eigenvalue weighted by Crippen LogP contribution is 2.38. The van der Waals surface area contributed by atoms with Gasteiger partial charge >= 0.3 is 6.09 Å². The number of nitrogens with one attached hydrogen (secondary N) is 2. The molecule has 1 amide bonds. The minimum atomic E-state index is -2.66. The lowest BCUT2D eigenvalue weighted by Gasteiger charge is -2.37. The van der Waals surface area contributed by atoms with E-state index in [0.29, 0.717) is 19.4 Å². The zero-order chi connectivity index (χ0) is 15.4. The van der Waals surface area contributed by atoms with Gasteiger partial charge in [0.2, 0.25) is 0 Å². The molecule has 1 fully saturated rings. The van der Waals surface area contributed by atoms with E-state index in [-0.39, 0.29) is 12.3 Å². The van der Waals surface area contributed by atoms with Crippen molar-refractivity contribution in [2.24, 2.45) is 5.92 Å². The Bertz CT molecular complexity index is 330. The highest BCUT2D eigenvalue weighted by atomic mass is 19.3. The average molecular weight is 292 g/mol. The van der Waals surface area contributed by atoms with Crippen LogP contribution in [0.4, 0.5) is 13.6 Å². The molecule has 1 aliphatic carbocycles. The molecule has 20 heavy (non-hydrogen) atoms. The Morgan fingerprint density at radius 1 is 1.40 bits per heavy atom. The van der Waals surface area contributed by atoms with Crippen molar-refractivity contribution in [1.82, 2.24) is 10.6 Å². The van der Waals surface area contributed by atoms with Gasteiger partial charge in [-0.25, -0.2) is 13.6 Å². The second-order valence-electron chi connectivity index (χ2n) is 6.40. The van der Waals surface area contributed by atoms with Crippen LogP contribution >= 0.6 is 0 Å². The SMILES string of the molecule is CNC1C(CCNC(=O)OC(C)(C)C)CCCC1(F)F. The highest BCUT2D eigenvalue weighted by molar-refractivity contribution is 5.67. The third-order valence-corrected chi connectivity index (χ3v) is 3.51. The number of carbonyl (C=O) groups excluding carboxylic acids is 1. The van der Waals surface area contributed by atoms with Gasteiger partial charge in [0.15, 0.2) is 0 Å². The van der Waals surface area contributed by atoms with Crippen LogP contribution in [0.3, 0.4) is 0 Å². The summed E-state index contributed by atoms with van der Waals surface area (Å²) in [6, 6.07) is -0.809. The maximum Gasteiger partial charge on any atom is 0.407 e. The number of hydrogen-bond donors (Lipinski definition) is 2. The molecule has 0 bridgehead atoms. The van der Waals surface area contributed by atoms with Crippen molar-refractivity contribution in [3.63, 3.8) is 0 Å². The smallest absolute Gasteiger partial charge is 0.407 e. The second kappa shape index (κ2) is 6.70. The van der Waals surface area contributed by atoms with E-state index in [2.05, 4.69) is 10.6 Å². The average Bonchev–Trinajstić information content (AvgIpc) is 2.25. The van der Waals surface area contributed by atoms with Crippen LogP contribution in [0.5, 0.6) is 0 Å². The summed E-state index contributed by atoms with van der Waals surface area (Å²) >= 11 is 0. The summed E-state index contributed by atoms with van der Waals surface area (Å²) in [5.41, 5.74) is -0.546. The van der Waals surface area contributed by atoms with E-state index in [0.717, 1.165) is 6.42 Å². The minimum Gasteiger partial charge on any atom is -0.444 e. The molecule has 1 aliphatic rings. The first kappa shape index (κ1) is 17.1. The van der Waals surface area contributed by atoms with E-state index in [1.165, 1.54) is 0 Å². The Hall–Kier alpha value is -0.910. The Morgan fingerprint density at radius 2 is 2.05 bits per heavy atom. The van der Waals surface area contributed by atoms with Gasteiger partial charge in [0.05, 0.1) is 6.04 Å². The predicted octanol–water partition coefficient (Wildman–Crippen LogP) is 2.92. The van der Waals surface area contributed by atoms with Crippen LogP contribution in [0.2, 0.25) is 0 Å². The molecule has 2 atom stereocenters. The van der Waals surface area contributed by atoms with Crippen molar-refractivity contribution in [3.8, 4) is 0 Å². The van der Waals surface area contributed by atoms with Gasteiger partial charge in [0.25, 0.3) is 5.92 Å². The maximum absolute atomic E-state index is 13.8.